The van der Waals surface area contributed by atoms with Crippen molar-refractivity contribution in [3.05, 3.63) is 27.7 Å². The molecule has 0 amide bonds. The monoisotopic (exact) mass is 247 g/mol. The number of carbonyl (C=O) groups excluding carboxylic acids is 1. The molecule has 0 heterocycles. The molecule has 1 aromatic rings. The molecule has 1 aromatic carbocycles. The molecule has 0 fully saturated rings. The number of halogens is 2. The second kappa shape index (κ2) is 5.35. The molecule has 0 aliphatic rings. The van der Waals surface area contributed by atoms with Crippen molar-refractivity contribution < 1.29 is 9.53 Å². The van der Waals surface area contributed by atoms with Crippen molar-refractivity contribution in [3.8, 4) is 5.75 Å². The van der Waals surface area contributed by atoms with E-state index in [4.69, 9.17) is 27.9 Å². The smallest absolute Gasteiger partial charge is 0.141 e. The summed E-state index contributed by atoms with van der Waals surface area (Å²) in [6.07, 6.45) is 0.768. The molecule has 0 aliphatic heterocycles. The summed E-state index contributed by atoms with van der Waals surface area (Å²) in [5.41, 5.74) is 0.639. The highest BCUT2D eigenvalue weighted by Gasteiger charge is 2.14. The zero-order valence-corrected chi connectivity index (χ0v) is 9.89. The van der Waals surface area contributed by atoms with Crippen molar-refractivity contribution in [1.82, 2.24) is 5.32 Å². The van der Waals surface area contributed by atoms with Crippen molar-refractivity contribution in [1.29, 1.82) is 0 Å². The van der Waals surface area contributed by atoms with E-state index < -0.39 is 6.04 Å². The van der Waals surface area contributed by atoms with E-state index >= 15 is 0 Å². The predicted octanol–water partition coefficient (Wildman–Crippen LogP) is 2.46. The lowest BCUT2D eigenvalue weighted by Crippen LogP contribution is -2.17. The summed E-state index contributed by atoms with van der Waals surface area (Å²) in [5.74, 6) is 0.492. The van der Waals surface area contributed by atoms with Crippen LogP contribution in [0.3, 0.4) is 0 Å². The number of ether oxygens (including phenoxy) is 1. The van der Waals surface area contributed by atoms with Crippen molar-refractivity contribution >= 4 is 29.5 Å². The number of aldehydes is 1. The molecule has 5 heteroatoms. The van der Waals surface area contributed by atoms with Gasteiger partial charge in [-0.05, 0) is 18.7 Å². The summed E-state index contributed by atoms with van der Waals surface area (Å²) in [6.45, 7) is 0. The number of hydrogen-bond acceptors (Lipinski definition) is 3. The minimum absolute atomic E-state index is 0.430. The number of benzene rings is 1. The van der Waals surface area contributed by atoms with E-state index in [0.717, 1.165) is 6.29 Å². The lowest BCUT2D eigenvalue weighted by atomic mass is 10.1. The second-order valence-electron chi connectivity index (χ2n) is 2.91. The molecule has 1 N–H and O–H groups in total. The fraction of sp³-hybridized carbons (Fsp3) is 0.300. The van der Waals surface area contributed by atoms with E-state index in [1.807, 2.05) is 0 Å². The van der Waals surface area contributed by atoms with Gasteiger partial charge in [-0.25, -0.2) is 0 Å². The second-order valence-corrected chi connectivity index (χ2v) is 3.73. The molecule has 0 saturated heterocycles. The molecular weight excluding hydrogens is 237 g/mol. The predicted molar refractivity (Wildman–Crippen MR) is 60.9 cm³/mol. The van der Waals surface area contributed by atoms with Gasteiger partial charge in [0.1, 0.15) is 12.0 Å². The van der Waals surface area contributed by atoms with Crippen LogP contribution in [0.2, 0.25) is 10.0 Å². The van der Waals surface area contributed by atoms with Crippen LogP contribution in [-0.2, 0) is 4.79 Å². The van der Waals surface area contributed by atoms with Crippen LogP contribution in [0, 0.1) is 0 Å². The summed E-state index contributed by atoms with van der Waals surface area (Å²) in [4.78, 5) is 10.8. The third kappa shape index (κ3) is 2.62. The van der Waals surface area contributed by atoms with Gasteiger partial charge >= 0.3 is 0 Å². The first-order chi connectivity index (χ1) is 7.13. The van der Waals surface area contributed by atoms with Gasteiger partial charge in [-0.3, -0.25) is 0 Å². The Bertz CT molecular complexity index is 369. The van der Waals surface area contributed by atoms with E-state index in [-0.39, 0.29) is 0 Å². The highest BCUT2D eigenvalue weighted by atomic mass is 35.5. The number of likely N-dealkylation sites (N-methyl/N-ethyl adjacent to an activating group) is 1. The Hall–Kier alpha value is -0.770. The van der Waals surface area contributed by atoms with Gasteiger partial charge in [0.25, 0.3) is 0 Å². The van der Waals surface area contributed by atoms with Crippen LogP contribution in [0.1, 0.15) is 11.6 Å². The molecule has 3 nitrogen and oxygen atoms in total. The van der Waals surface area contributed by atoms with E-state index in [2.05, 4.69) is 5.32 Å². The van der Waals surface area contributed by atoms with Gasteiger partial charge in [0.2, 0.25) is 0 Å². The number of nitrogens with one attached hydrogen (secondary N) is 1. The molecule has 15 heavy (non-hydrogen) atoms. The van der Waals surface area contributed by atoms with E-state index in [9.17, 15) is 4.79 Å². The summed E-state index contributed by atoms with van der Waals surface area (Å²) in [7, 11) is 3.18. The molecule has 0 bridgehead atoms. The van der Waals surface area contributed by atoms with Gasteiger partial charge < -0.3 is 14.8 Å². The maximum atomic E-state index is 10.8. The van der Waals surface area contributed by atoms with E-state index in [1.54, 1.807) is 19.2 Å². The molecule has 1 rings (SSSR count). The van der Waals surface area contributed by atoms with Crippen molar-refractivity contribution in [2.75, 3.05) is 14.2 Å². The zero-order valence-electron chi connectivity index (χ0n) is 8.38. The minimum Gasteiger partial charge on any atom is -0.495 e. The summed E-state index contributed by atoms with van der Waals surface area (Å²) in [6, 6.07) is 2.76. The molecule has 82 valence electrons. The first-order valence-corrected chi connectivity index (χ1v) is 5.05. The average Bonchev–Trinajstić information content (AvgIpc) is 2.24. The zero-order chi connectivity index (χ0) is 11.4. The Labute approximate surface area is 98.3 Å². The largest absolute Gasteiger partial charge is 0.495 e. The third-order valence-corrected chi connectivity index (χ3v) is 2.68. The van der Waals surface area contributed by atoms with Gasteiger partial charge in [0, 0.05) is 11.1 Å². The third-order valence-electron chi connectivity index (χ3n) is 2.05. The quantitative estimate of drug-likeness (QED) is 0.832. The Morgan fingerprint density at radius 3 is 2.53 bits per heavy atom. The number of carbonyl (C=O) groups is 1. The van der Waals surface area contributed by atoms with Gasteiger partial charge in [-0.1, -0.05) is 23.2 Å². The SMILES string of the molecule is CNC(C=O)c1cc(Cl)c(OC)cc1Cl. The lowest BCUT2D eigenvalue weighted by Gasteiger charge is -2.13. The Morgan fingerprint density at radius 1 is 1.40 bits per heavy atom. The molecule has 0 saturated carbocycles. The van der Waals surface area contributed by atoms with Crippen molar-refractivity contribution in [3.63, 3.8) is 0 Å². The average molecular weight is 248 g/mol. The first-order valence-electron chi connectivity index (χ1n) is 4.29. The summed E-state index contributed by atoms with van der Waals surface area (Å²) in [5, 5.41) is 3.70. The van der Waals surface area contributed by atoms with Crippen molar-refractivity contribution in [2.45, 2.75) is 6.04 Å². The molecular formula is C10H11Cl2NO2. The van der Waals surface area contributed by atoms with Crippen LogP contribution in [0.15, 0.2) is 12.1 Å². The fourth-order valence-corrected chi connectivity index (χ4v) is 1.76. The molecule has 0 radical (unpaired) electrons. The highest BCUT2D eigenvalue weighted by molar-refractivity contribution is 6.34. The molecule has 1 unspecified atom stereocenters. The molecule has 1 atom stereocenters. The van der Waals surface area contributed by atoms with Gasteiger partial charge in [0.05, 0.1) is 18.2 Å². The molecule has 0 aromatic heterocycles. The van der Waals surface area contributed by atoms with Crippen LogP contribution in [0.25, 0.3) is 0 Å². The normalized spacial score (nSPS) is 12.3. The Kier molecular flexibility index (Phi) is 4.39. The summed E-state index contributed by atoms with van der Waals surface area (Å²) >= 11 is 11.9. The van der Waals surface area contributed by atoms with Gasteiger partial charge in [0.15, 0.2) is 0 Å². The number of hydrogen-bond donors (Lipinski definition) is 1. The molecule has 0 spiro atoms. The summed E-state index contributed by atoms with van der Waals surface area (Å²) < 4.78 is 5.00. The Morgan fingerprint density at radius 2 is 2.07 bits per heavy atom. The topological polar surface area (TPSA) is 38.3 Å². The highest BCUT2D eigenvalue weighted by Crippen LogP contribution is 2.33. The van der Waals surface area contributed by atoms with E-state index in [0.29, 0.717) is 21.4 Å². The maximum absolute atomic E-state index is 10.8. The minimum atomic E-state index is -0.457. The van der Waals surface area contributed by atoms with Crippen LogP contribution >= 0.6 is 23.2 Å². The number of rotatable bonds is 4. The van der Waals surface area contributed by atoms with Crippen molar-refractivity contribution in [2.24, 2.45) is 0 Å². The van der Waals surface area contributed by atoms with E-state index in [1.165, 1.54) is 7.11 Å². The molecule has 0 aliphatic carbocycles. The van der Waals surface area contributed by atoms with Crippen LogP contribution < -0.4 is 10.1 Å². The maximum Gasteiger partial charge on any atom is 0.141 e. The van der Waals surface area contributed by atoms with Crippen LogP contribution in [-0.4, -0.2) is 20.4 Å². The fourth-order valence-electron chi connectivity index (χ4n) is 1.24. The van der Waals surface area contributed by atoms with Crippen LogP contribution in [0.5, 0.6) is 5.75 Å². The number of methoxy groups -OCH3 is 1. The standard InChI is InChI=1S/C10H11Cl2NO2/c1-13-9(5-14)6-3-8(12)10(15-2)4-7(6)11/h3-5,9,13H,1-2H3. The van der Waals surface area contributed by atoms with Crippen LogP contribution in [0.4, 0.5) is 0 Å². The first kappa shape index (κ1) is 12.3. The Balaban J connectivity index is 3.20. The van der Waals surface area contributed by atoms with Gasteiger partial charge in [-0.2, -0.15) is 0 Å². The van der Waals surface area contributed by atoms with Gasteiger partial charge in [-0.15, -0.1) is 0 Å². The lowest BCUT2D eigenvalue weighted by molar-refractivity contribution is -0.109.